The molecule has 0 radical (unpaired) electrons. The van der Waals surface area contributed by atoms with Gasteiger partial charge in [-0.1, -0.05) is 6.07 Å². The van der Waals surface area contributed by atoms with E-state index < -0.39 is 0 Å². The van der Waals surface area contributed by atoms with Crippen LogP contribution in [0.25, 0.3) is 22.7 Å². The number of hydrogen-bond donors (Lipinski definition) is 1. The Bertz CT molecular complexity index is 717. The van der Waals surface area contributed by atoms with Crippen LogP contribution in [0.1, 0.15) is 0 Å². The molecule has 100 valence electrons. The van der Waals surface area contributed by atoms with Crippen LogP contribution in [0.5, 0.6) is 5.75 Å². The first-order valence-corrected chi connectivity index (χ1v) is 6.22. The molecule has 0 aliphatic heterocycles. The number of methoxy groups -OCH3 is 1. The van der Waals surface area contributed by atoms with Gasteiger partial charge >= 0.3 is 0 Å². The quantitative estimate of drug-likeness (QED) is 0.736. The van der Waals surface area contributed by atoms with Crippen LogP contribution < -0.4 is 10.5 Å². The second-order valence-electron chi connectivity index (χ2n) is 4.39. The molecule has 4 heteroatoms. The van der Waals surface area contributed by atoms with Gasteiger partial charge in [0.2, 0.25) is 5.89 Å². The Balaban J connectivity index is 1.93. The largest absolute Gasteiger partial charge is 0.497 e. The fourth-order valence-electron chi connectivity index (χ4n) is 1.97. The van der Waals surface area contributed by atoms with Gasteiger partial charge in [-0.05, 0) is 42.5 Å². The number of aromatic nitrogens is 1. The fourth-order valence-corrected chi connectivity index (χ4v) is 1.97. The maximum atomic E-state index is 5.76. The Morgan fingerprint density at radius 1 is 1.05 bits per heavy atom. The van der Waals surface area contributed by atoms with Gasteiger partial charge in [0.1, 0.15) is 17.7 Å². The number of oxazole rings is 1. The molecule has 0 bridgehead atoms. The maximum absolute atomic E-state index is 5.76. The summed E-state index contributed by atoms with van der Waals surface area (Å²) in [6.45, 7) is 0. The Hall–Kier alpha value is -2.75. The lowest BCUT2D eigenvalue weighted by molar-refractivity contribution is 0.415. The molecule has 2 aromatic carbocycles. The monoisotopic (exact) mass is 266 g/mol. The molecule has 0 saturated heterocycles. The highest BCUT2D eigenvalue weighted by molar-refractivity contribution is 5.65. The summed E-state index contributed by atoms with van der Waals surface area (Å²) in [5, 5.41) is 0. The number of benzene rings is 2. The summed E-state index contributed by atoms with van der Waals surface area (Å²) in [4.78, 5) is 4.48. The van der Waals surface area contributed by atoms with Gasteiger partial charge in [-0.15, -0.1) is 0 Å². The van der Waals surface area contributed by atoms with E-state index >= 15 is 0 Å². The minimum atomic E-state index is 0.558. The Labute approximate surface area is 116 Å². The molecule has 0 fully saturated rings. The zero-order chi connectivity index (χ0) is 13.9. The van der Waals surface area contributed by atoms with Gasteiger partial charge in [0.15, 0.2) is 0 Å². The standard InChI is InChI=1S/C16H14N2O2/c1-19-14-7-5-11(6-8-14)15-10-20-16(18-15)12-3-2-4-13(17)9-12/h2-10H,17H2,1H3. The van der Waals surface area contributed by atoms with E-state index in [9.17, 15) is 0 Å². The van der Waals surface area contributed by atoms with Crippen LogP contribution in [0.4, 0.5) is 5.69 Å². The Morgan fingerprint density at radius 3 is 2.55 bits per heavy atom. The van der Waals surface area contributed by atoms with Gasteiger partial charge in [0.05, 0.1) is 7.11 Å². The topological polar surface area (TPSA) is 61.3 Å². The highest BCUT2D eigenvalue weighted by Gasteiger charge is 2.08. The highest BCUT2D eigenvalue weighted by atomic mass is 16.5. The first-order chi connectivity index (χ1) is 9.76. The number of nitrogens with two attached hydrogens (primary N) is 1. The smallest absolute Gasteiger partial charge is 0.226 e. The molecule has 0 atom stereocenters. The van der Waals surface area contributed by atoms with Gasteiger partial charge in [0.25, 0.3) is 0 Å². The van der Waals surface area contributed by atoms with Crippen LogP contribution in [0, 0.1) is 0 Å². The van der Waals surface area contributed by atoms with E-state index in [0.717, 1.165) is 22.6 Å². The van der Waals surface area contributed by atoms with Crippen molar-refractivity contribution < 1.29 is 9.15 Å². The number of rotatable bonds is 3. The molecule has 1 aromatic heterocycles. The fraction of sp³-hybridized carbons (Fsp3) is 0.0625. The minimum Gasteiger partial charge on any atom is -0.497 e. The van der Waals surface area contributed by atoms with Crippen molar-refractivity contribution in [2.45, 2.75) is 0 Å². The van der Waals surface area contributed by atoms with Crippen LogP contribution in [-0.4, -0.2) is 12.1 Å². The van der Waals surface area contributed by atoms with Crippen molar-refractivity contribution in [3.63, 3.8) is 0 Å². The van der Waals surface area contributed by atoms with Crippen LogP contribution >= 0.6 is 0 Å². The summed E-state index contributed by atoms with van der Waals surface area (Å²) in [6.07, 6.45) is 1.64. The molecular formula is C16H14N2O2. The van der Waals surface area contributed by atoms with Crippen molar-refractivity contribution >= 4 is 5.69 Å². The average Bonchev–Trinajstić information content (AvgIpc) is 2.97. The van der Waals surface area contributed by atoms with Crippen LogP contribution in [0.15, 0.2) is 59.2 Å². The van der Waals surface area contributed by atoms with Crippen LogP contribution in [0.2, 0.25) is 0 Å². The van der Waals surface area contributed by atoms with E-state index in [0.29, 0.717) is 11.6 Å². The number of nitrogens with zero attached hydrogens (tertiary/aromatic N) is 1. The SMILES string of the molecule is COc1ccc(-c2coc(-c3cccc(N)c3)n2)cc1. The molecule has 0 spiro atoms. The molecule has 0 aliphatic rings. The van der Waals surface area contributed by atoms with Crippen LogP contribution in [-0.2, 0) is 0 Å². The van der Waals surface area contributed by atoms with Crippen LogP contribution in [0.3, 0.4) is 0 Å². The number of ether oxygens (including phenoxy) is 1. The number of anilines is 1. The Kier molecular flexibility index (Phi) is 3.13. The van der Waals surface area contributed by atoms with Gasteiger partial charge in [-0.25, -0.2) is 4.98 Å². The Morgan fingerprint density at radius 2 is 1.85 bits per heavy atom. The molecular weight excluding hydrogens is 252 g/mol. The van der Waals surface area contributed by atoms with Crippen molar-refractivity contribution in [2.24, 2.45) is 0 Å². The number of hydrogen-bond acceptors (Lipinski definition) is 4. The van der Waals surface area contributed by atoms with Crippen molar-refractivity contribution in [3.05, 3.63) is 54.8 Å². The molecule has 20 heavy (non-hydrogen) atoms. The average molecular weight is 266 g/mol. The molecule has 0 saturated carbocycles. The summed E-state index contributed by atoms with van der Waals surface area (Å²) in [5.74, 6) is 1.37. The summed E-state index contributed by atoms with van der Waals surface area (Å²) >= 11 is 0. The first kappa shape index (κ1) is 12.3. The molecule has 1 heterocycles. The zero-order valence-corrected chi connectivity index (χ0v) is 11.0. The second kappa shape index (κ2) is 5.09. The third-order valence-corrected chi connectivity index (χ3v) is 3.02. The van der Waals surface area contributed by atoms with Gasteiger partial charge < -0.3 is 14.9 Å². The van der Waals surface area contributed by atoms with Gasteiger partial charge in [-0.2, -0.15) is 0 Å². The van der Waals surface area contributed by atoms with E-state index in [1.807, 2.05) is 48.5 Å². The van der Waals surface area contributed by atoms with E-state index in [2.05, 4.69) is 4.98 Å². The van der Waals surface area contributed by atoms with E-state index in [4.69, 9.17) is 14.9 Å². The van der Waals surface area contributed by atoms with Gasteiger partial charge in [0, 0.05) is 16.8 Å². The lowest BCUT2D eigenvalue weighted by Crippen LogP contribution is -1.85. The van der Waals surface area contributed by atoms with Crippen molar-refractivity contribution in [1.82, 2.24) is 4.98 Å². The molecule has 2 N–H and O–H groups in total. The van der Waals surface area contributed by atoms with Crippen molar-refractivity contribution in [3.8, 4) is 28.5 Å². The zero-order valence-electron chi connectivity index (χ0n) is 11.0. The molecule has 0 amide bonds. The van der Waals surface area contributed by atoms with Crippen molar-refractivity contribution in [2.75, 3.05) is 12.8 Å². The van der Waals surface area contributed by atoms with E-state index in [1.54, 1.807) is 13.4 Å². The normalized spacial score (nSPS) is 10.4. The summed E-state index contributed by atoms with van der Waals surface area (Å²) in [6, 6.07) is 15.1. The molecule has 3 aromatic rings. The molecule has 0 aliphatic carbocycles. The second-order valence-corrected chi connectivity index (χ2v) is 4.39. The predicted octanol–water partition coefficient (Wildman–Crippen LogP) is 3.60. The number of nitrogen functional groups attached to an aromatic ring is 1. The lowest BCUT2D eigenvalue weighted by Gasteiger charge is -2.00. The third kappa shape index (κ3) is 2.36. The molecule has 3 rings (SSSR count). The lowest BCUT2D eigenvalue weighted by atomic mass is 10.1. The summed E-state index contributed by atoms with van der Waals surface area (Å²) < 4.78 is 10.7. The summed E-state index contributed by atoms with van der Waals surface area (Å²) in [7, 11) is 1.64. The maximum Gasteiger partial charge on any atom is 0.226 e. The van der Waals surface area contributed by atoms with Gasteiger partial charge in [-0.3, -0.25) is 0 Å². The predicted molar refractivity (Wildman–Crippen MR) is 78.3 cm³/mol. The highest BCUT2D eigenvalue weighted by Crippen LogP contribution is 2.26. The first-order valence-electron chi connectivity index (χ1n) is 6.22. The third-order valence-electron chi connectivity index (χ3n) is 3.02. The van der Waals surface area contributed by atoms with E-state index in [1.165, 1.54) is 0 Å². The molecule has 4 nitrogen and oxygen atoms in total. The van der Waals surface area contributed by atoms with E-state index in [-0.39, 0.29) is 0 Å². The minimum absolute atomic E-state index is 0.558. The van der Waals surface area contributed by atoms with Crippen molar-refractivity contribution in [1.29, 1.82) is 0 Å². The molecule has 0 unspecified atom stereocenters. The summed E-state index contributed by atoms with van der Waals surface area (Å²) in [5.41, 5.74) is 9.07.